The summed E-state index contributed by atoms with van der Waals surface area (Å²) in [5.74, 6) is 0.569. The van der Waals surface area contributed by atoms with Gasteiger partial charge in [0, 0.05) is 13.1 Å². The van der Waals surface area contributed by atoms with E-state index in [4.69, 9.17) is 0 Å². The third kappa shape index (κ3) is 3.32. The Morgan fingerprint density at radius 1 is 1.44 bits per heavy atom. The highest BCUT2D eigenvalue weighted by Crippen LogP contribution is 2.32. The van der Waals surface area contributed by atoms with Crippen LogP contribution in [0.5, 0.6) is 0 Å². The highest BCUT2D eigenvalue weighted by molar-refractivity contribution is 5.22. The number of aliphatic hydroxyl groups excluding tert-OH is 1. The van der Waals surface area contributed by atoms with E-state index in [1.54, 1.807) is 0 Å². The molecule has 0 aliphatic heterocycles. The van der Waals surface area contributed by atoms with Crippen molar-refractivity contribution in [3.05, 3.63) is 35.4 Å². The summed E-state index contributed by atoms with van der Waals surface area (Å²) in [7, 11) is 2.08. The number of likely N-dealkylation sites (N-methyl/N-ethyl adjacent to an activating group) is 1. The van der Waals surface area contributed by atoms with Gasteiger partial charge in [0.05, 0.1) is 6.10 Å². The normalized spacial score (nSPS) is 17.8. The van der Waals surface area contributed by atoms with Crippen molar-refractivity contribution >= 4 is 0 Å². The Hall–Kier alpha value is -0.860. The number of nitrogens with zero attached hydrogens (tertiary/aromatic N) is 1. The fourth-order valence-corrected chi connectivity index (χ4v) is 2.14. The van der Waals surface area contributed by atoms with Crippen LogP contribution in [0.25, 0.3) is 0 Å². The zero-order valence-electron chi connectivity index (χ0n) is 10.2. The minimum atomic E-state index is -0.130. The zero-order valence-corrected chi connectivity index (χ0v) is 10.2. The van der Waals surface area contributed by atoms with Gasteiger partial charge in [-0.15, -0.1) is 0 Å². The van der Waals surface area contributed by atoms with Crippen molar-refractivity contribution in [2.45, 2.75) is 32.4 Å². The second-order valence-corrected chi connectivity index (χ2v) is 5.09. The van der Waals surface area contributed by atoms with E-state index in [0.717, 1.165) is 13.1 Å². The lowest BCUT2D eigenvalue weighted by molar-refractivity contribution is 0.104. The van der Waals surface area contributed by atoms with Gasteiger partial charge in [0.2, 0.25) is 0 Å². The van der Waals surface area contributed by atoms with E-state index in [2.05, 4.69) is 43.1 Å². The lowest BCUT2D eigenvalue weighted by Gasteiger charge is -2.20. The Morgan fingerprint density at radius 2 is 2.19 bits per heavy atom. The molecule has 0 bridgehead atoms. The largest absolute Gasteiger partial charge is 0.392 e. The summed E-state index contributed by atoms with van der Waals surface area (Å²) in [6, 6.07) is 8.56. The smallest absolute Gasteiger partial charge is 0.0695 e. The molecule has 0 amide bonds. The fourth-order valence-electron chi connectivity index (χ4n) is 2.14. The molecule has 16 heavy (non-hydrogen) atoms. The monoisotopic (exact) mass is 219 g/mol. The predicted molar refractivity (Wildman–Crippen MR) is 66.2 cm³/mol. The first-order valence-electron chi connectivity index (χ1n) is 6.07. The van der Waals surface area contributed by atoms with E-state index >= 15 is 0 Å². The standard InChI is InChI=1S/C14H21NO/c1-11-4-3-5-12(8-11)9-15(2)10-14(16)13-6-7-13/h3-5,8,13-14,16H,6-7,9-10H2,1-2H3. The summed E-state index contributed by atoms with van der Waals surface area (Å²) in [5, 5.41) is 9.85. The molecule has 1 N–H and O–H groups in total. The van der Waals surface area contributed by atoms with E-state index in [9.17, 15) is 5.11 Å². The molecule has 0 aromatic heterocycles. The van der Waals surface area contributed by atoms with Crippen LogP contribution >= 0.6 is 0 Å². The van der Waals surface area contributed by atoms with Gasteiger partial charge in [0.25, 0.3) is 0 Å². The highest BCUT2D eigenvalue weighted by atomic mass is 16.3. The first kappa shape index (κ1) is 11.6. The number of rotatable bonds is 5. The SMILES string of the molecule is Cc1cccc(CN(C)CC(O)C2CC2)c1. The summed E-state index contributed by atoms with van der Waals surface area (Å²) in [5.41, 5.74) is 2.62. The molecule has 1 saturated carbocycles. The van der Waals surface area contributed by atoms with Crippen molar-refractivity contribution in [1.29, 1.82) is 0 Å². The van der Waals surface area contributed by atoms with Crippen molar-refractivity contribution in [2.75, 3.05) is 13.6 Å². The summed E-state index contributed by atoms with van der Waals surface area (Å²) >= 11 is 0. The molecule has 0 heterocycles. The minimum absolute atomic E-state index is 0.130. The quantitative estimate of drug-likeness (QED) is 0.820. The maximum atomic E-state index is 9.85. The summed E-state index contributed by atoms with van der Waals surface area (Å²) in [4.78, 5) is 2.21. The van der Waals surface area contributed by atoms with Crippen LogP contribution in [0, 0.1) is 12.8 Å². The average Bonchev–Trinajstić information content (AvgIpc) is 2.99. The van der Waals surface area contributed by atoms with Gasteiger partial charge in [-0.05, 0) is 38.3 Å². The highest BCUT2D eigenvalue weighted by Gasteiger charge is 2.30. The second-order valence-electron chi connectivity index (χ2n) is 5.09. The van der Waals surface area contributed by atoms with Crippen LogP contribution in [0.3, 0.4) is 0 Å². The van der Waals surface area contributed by atoms with Gasteiger partial charge in [-0.1, -0.05) is 29.8 Å². The van der Waals surface area contributed by atoms with Gasteiger partial charge < -0.3 is 5.11 Å². The van der Waals surface area contributed by atoms with Gasteiger partial charge in [-0.3, -0.25) is 4.90 Å². The van der Waals surface area contributed by atoms with Gasteiger partial charge in [-0.2, -0.15) is 0 Å². The first-order chi connectivity index (χ1) is 7.65. The molecule has 88 valence electrons. The predicted octanol–water partition coefficient (Wildman–Crippen LogP) is 2.20. The molecule has 0 spiro atoms. The van der Waals surface area contributed by atoms with Crippen molar-refractivity contribution in [2.24, 2.45) is 5.92 Å². The molecule has 0 saturated heterocycles. The molecule has 1 unspecified atom stereocenters. The second kappa shape index (κ2) is 4.98. The molecule has 1 fully saturated rings. The molecule has 1 aliphatic carbocycles. The lowest BCUT2D eigenvalue weighted by atomic mass is 10.1. The maximum absolute atomic E-state index is 9.85. The third-order valence-corrected chi connectivity index (χ3v) is 3.20. The molecule has 0 radical (unpaired) electrons. The maximum Gasteiger partial charge on any atom is 0.0695 e. The Balaban J connectivity index is 1.83. The molecule has 1 atom stereocenters. The van der Waals surface area contributed by atoms with Crippen LogP contribution in [0.2, 0.25) is 0 Å². The molecule has 1 aliphatic rings. The van der Waals surface area contributed by atoms with Gasteiger partial charge in [0.15, 0.2) is 0 Å². The van der Waals surface area contributed by atoms with Crippen molar-refractivity contribution in [1.82, 2.24) is 4.90 Å². The Morgan fingerprint density at radius 3 is 2.81 bits per heavy atom. The first-order valence-corrected chi connectivity index (χ1v) is 6.07. The van der Waals surface area contributed by atoms with Gasteiger partial charge >= 0.3 is 0 Å². The lowest BCUT2D eigenvalue weighted by Crippen LogP contribution is -2.30. The third-order valence-electron chi connectivity index (χ3n) is 3.20. The van der Waals surface area contributed by atoms with Crippen LogP contribution in [0.15, 0.2) is 24.3 Å². The molecule has 1 aromatic rings. The minimum Gasteiger partial charge on any atom is -0.392 e. The Labute approximate surface area is 97.9 Å². The van der Waals surface area contributed by atoms with E-state index in [0.29, 0.717) is 5.92 Å². The molecule has 2 heteroatoms. The van der Waals surface area contributed by atoms with E-state index in [-0.39, 0.29) is 6.10 Å². The summed E-state index contributed by atoms with van der Waals surface area (Å²) in [6.07, 6.45) is 2.29. The van der Waals surface area contributed by atoms with Gasteiger partial charge in [0.1, 0.15) is 0 Å². The van der Waals surface area contributed by atoms with Crippen molar-refractivity contribution < 1.29 is 5.11 Å². The van der Waals surface area contributed by atoms with E-state index < -0.39 is 0 Å². The summed E-state index contributed by atoms with van der Waals surface area (Å²) in [6.45, 7) is 3.83. The van der Waals surface area contributed by atoms with Crippen LogP contribution in [0.1, 0.15) is 24.0 Å². The molecule has 2 nitrogen and oxygen atoms in total. The van der Waals surface area contributed by atoms with Crippen LogP contribution in [0.4, 0.5) is 0 Å². The van der Waals surface area contributed by atoms with Crippen molar-refractivity contribution in [3.63, 3.8) is 0 Å². The number of hydrogen-bond acceptors (Lipinski definition) is 2. The molecular weight excluding hydrogens is 198 g/mol. The molecule has 1 aromatic carbocycles. The average molecular weight is 219 g/mol. The Bertz CT molecular complexity index is 346. The fraction of sp³-hybridized carbons (Fsp3) is 0.571. The number of hydrogen-bond donors (Lipinski definition) is 1. The zero-order chi connectivity index (χ0) is 11.5. The van der Waals surface area contributed by atoms with Crippen molar-refractivity contribution in [3.8, 4) is 0 Å². The van der Waals surface area contributed by atoms with E-state index in [1.165, 1.54) is 24.0 Å². The number of aliphatic hydroxyl groups is 1. The number of benzene rings is 1. The number of aryl methyl sites for hydroxylation is 1. The van der Waals surface area contributed by atoms with Crippen LogP contribution in [-0.4, -0.2) is 29.7 Å². The van der Waals surface area contributed by atoms with E-state index in [1.807, 2.05) is 0 Å². The van der Waals surface area contributed by atoms with Gasteiger partial charge in [-0.25, -0.2) is 0 Å². The Kier molecular flexibility index (Phi) is 3.62. The topological polar surface area (TPSA) is 23.5 Å². The summed E-state index contributed by atoms with van der Waals surface area (Å²) < 4.78 is 0. The van der Waals surface area contributed by atoms with Crippen LogP contribution < -0.4 is 0 Å². The van der Waals surface area contributed by atoms with Crippen LogP contribution in [-0.2, 0) is 6.54 Å². The molecule has 2 rings (SSSR count). The molecular formula is C14H21NO.